The molecular weight excluding hydrogens is 242 g/mol. The van der Waals surface area contributed by atoms with E-state index in [1.165, 1.54) is 11.5 Å². The molecule has 0 fully saturated rings. The minimum Gasteiger partial charge on any atom is -0.442 e. The molecule has 0 atom stereocenters. The van der Waals surface area contributed by atoms with E-state index in [4.69, 9.17) is 24.4 Å². The molecule has 0 saturated heterocycles. The predicted molar refractivity (Wildman–Crippen MR) is 63.8 cm³/mol. The highest BCUT2D eigenvalue weighted by atomic mass is 16.6. The molecule has 0 aromatic heterocycles. The Kier molecular flexibility index (Phi) is 11.9. The quantitative estimate of drug-likeness (QED) is 0.495. The van der Waals surface area contributed by atoms with Gasteiger partial charge in [0, 0.05) is 13.1 Å². The Labute approximate surface area is 107 Å². The van der Waals surface area contributed by atoms with Gasteiger partial charge in [-0.25, -0.2) is 4.79 Å². The summed E-state index contributed by atoms with van der Waals surface area (Å²) in [4.78, 5) is 13.0. The van der Waals surface area contributed by atoms with E-state index in [0.29, 0.717) is 26.3 Å². The smallest absolute Gasteiger partial charge is 0.410 e. The summed E-state index contributed by atoms with van der Waals surface area (Å²) in [7, 11) is 0. The number of aliphatic hydroxyl groups excluding tert-OH is 2. The van der Waals surface area contributed by atoms with E-state index in [1.807, 2.05) is 0 Å². The van der Waals surface area contributed by atoms with Crippen molar-refractivity contribution in [2.24, 2.45) is 0 Å². The topological polar surface area (TPSA) is 88.5 Å². The first-order valence-corrected chi connectivity index (χ1v) is 5.86. The van der Waals surface area contributed by atoms with E-state index in [9.17, 15) is 4.79 Å². The van der Waals surface area contributed by atoms with Gasteiger partial charge in [0.25, 0.3) is 0 Å². The molecule has 7 heteroatoms. The minimum absolute atomic E-state index is 0.0488. The van der Waals surface area contributed by atoms with E-state index in [0.717, 1.165) is 0 Å². The largest absolute Gasteiger partial charge is 0.442 e. The second-order valence-electron chi connectivity index (χ2n) is 3.28. The molecule has 0 saturated carbocycles. The zero-order chi connectivity index (χ0) is 13.6. The Morgan fingerprint density at radius 2 is 1.56 bits per heavy atom. The summed E-state index contributed by atoms with van der Waals surface area (Å²) in [6.45, 7) is 4.65. The Bertz CT molecular complexity index is 190. The Morgan fingerprint density at radius 3 is 1.94 bits per heavy atom. The molecule has 0 unspecified atom stereocenters. The van der Waals surface area contributed by atoms with Crippen molar-refractivity contribution >= 4 is 6.09 Å². The van der Waals surface area contributed by atoms with Crippen LogP contribution in [0.25, 0.3) is 0 Å². The minimum atomic E-state index is -0.474. The molecule has 1 radical (unpaired) electrons. The van der Waals surface area contributed by atoms with Crippen LogP contribution in [-0.4, -0.2) is 73.9 Å². The fraction of sp³-hybridized carbons (Fsp3) is 0.818. The van der Waals surface area contributed by atoms with E-state index in [1.54, 1.807) is 6.92 Å². The molecule has 7 nitrogen and oxygen atoms in total. The molecule has 0 aromatic carbocycles. The third kappa shape index (κ3) is 9.17. The van der Waals surface area contributed by atoms with Gasteiger partial charge in [-0.1, -0.05) is 0 Å². The van der Waals surface area contributed by atoms with Crippen molar-refractivity contribution in [3.05, 3.63) is 6.61 Å². The summed E-state index contributed by atoms with van der Waals surface area (Å²) in [5.74, 6) is 0. The first-order chi connectivity index (χ1) is 8.76. The van der Waals surface area contributed by atoms with Gasteiger partial charge in [0.1, 0.15) is 6.61 Å². The number of amides is 1. The molecular formula is C11H22NO6. The fourth-order valence-electron chi connectivity index (χ4n) is 1.15. The van der Waals surface area contributed by atoms with Crippen LogP contribution in [-0.2, 0) is 14.2 Å². The Morgan fingerprint density at radius 1 is 1.06 bits per heavy atom. The Hall–Kier alpha value is -0.890. The average Bonchev–Trinajstić information content (AvgIpc) is 2.37. The molecule has 0 rings (SSSR count). The van der Waals surface area contributed by atoms with Crippen molar-refractivity contribution < 1.29 is 29.2 Å². The summed E-state index contributed by atoms with van der Waals surface area (Å²) in [5, 5.41) is 17.1. The van der Waals surface area contributed by atoms with Gasteiger partial charge in [-0.3, -0.25) is 0 Å². The van der Waals surface area contributed by atoms with E-state index in [2.05, 4.69) is 0 Å². The van der Waals surface area contributed by atoms with Crippen LogP contribution in [0, 0.1) is 6.61 Å². The number of ether oxygens (including phenoxy) is 3. The van der Waals surface area contributed by atoms with Gasteiger partial charge in [-0.15, -0.1) is 0 Å². The van der Waals surface area contributed by atoms with Gasteiger partial charge >= 0.3 is 6.09 Å². The highest BCUT2D eigenvalue weighted by Crippen LogP contribution is 1.96. The third-order valence-electron chi connectivity index (χ3n) is 1.96. The number of hydrogen-bond donors (Lipinski definition) is 2. The SMILES string of the molecule is C[CH]OC(=O)N(CCOCCO)CCOCCO. The second kappa shape index (κ2) is 12.6. The van der Waals surface area contributed by atoms with Crippen LogP contribution < -0.4 is 0 Å². The zero-order valence-corrected chi connectivity index (χ0v) is 10.7. The molecule has 1 amide bonds. The molecule has 0 spiro atoms. The van der Waals surface area contributed by atoms with Gasteiger partial charge in [0.05, 0.1) is 39.6 Å². The number of hydrogen-bond acceptors (Lipinski definition) is 6. The van der Waals surface area contributed by atoms with Crippen molar-refractivity contribution in [2.75, 3.05) is 52.7 Å². The van der Waals surface area contributed by atoms with Crippen LogP contribution in [0.3, 0.4) is 0 Å². The predicted octanol–water partition coefficient (Wildman–Crippen LogP) is -0.376. The molecule has 0 heterocycles. The number of aliphatic hydroxyl groups is 2. The molecule has 2 N–H and O–H groups in total. The van der Waals surface area contributed by atoms with E-state index >= 15 is 0 Å². The lowest BCUT2D eigenvalue weighted by Gasteiger charge is -2.21. The monoisotopic (exact) mass is 264 g/mol. The lowest BCUT2D eigenvalue weighted by atomic mass is 10.5. The van der Waals surface area contributed by atoms with Gasteiger partial charge in [0.15, 0.2) is 0 Å². The number of rotatable bonds is 11. The van der Waals surface area contributed by atoms with Crippen molar-refractivity contribution in [1.82, 2.24) is 4.90 Å². The van der Waals surface area contributed by atoms with Crippen LogP contribution in [0.1, 0.15) is 6.92 Å². The number of nitrogens with zero attached hydrogens (tertiary/aromatic N) is 1. The number of carbonyl (C=O) groups is 1. The molecule has 0 aliphatic rings. The van der Waals surface area contributed by atoms with Crippen molar-refractivity contribution in [3.63, 3.8) is 0 Å². The van der Waals surface area contributed by atoms with Gasteiger partial charge in [-0.2, -0.15) is 0 Å². The molecule has 0 aliphatic carbocycles. The maximum atomic E-state index is 11.5. The Balaban J connectivity index is 3.88. The summed E-state index contributed by atoms with van der Waals surface area (Å²) < 4.78 is 14.9. The number of carbonyl (C=O) groups excluding carboxylic acids is 1. The first-order valence-electron chi connectivity index (χ1n) is 5.86. The lowest BCUT2D eigenvalue weighted by molar-refractivity contribution is 0.0468. The lowest BCUT2D eigenvalue weighted by Crippen LogP contribution is -2.37. The average molecular weight is 264 g/mol. The van der Waals surface area contributed by atoms with Gasteiger partial charge in [-0.05, 0) is 6.92 Å². The molecule has 0 bridgehead atoms. The summed E-state index contributed by atoms with van der Waals surface area (Å²) >= 11 is 0. The van der Waals surface area contributed by atoms with Crippen molar-refractivity contribution in [3.8, 4) is 0 Å². The van der Waals surface area contributed by atoms with E-state index in [-0.39, 0.29) is 26.4 Å². The molecule has 18 heavy (non-hydrogen) atoms. The van der Waals surface area contributed by atoms with Crippen LogP contribution in [0.5, 0.6) is 0 Å². The van der Waals surface area contributed by atoms with Crippen molar-refractivity contribution in [1.29, 1.82) is 0 Å². The first kappa shape index (κ1) is 17.1. The normalized spacial score (nSPS) is 10.4. The summed E-state index contributed by atoms with van der Waals surface area (Å²) in [6.07, 6.45) is -0.474. The third-order valence-corrected chi connectivity index (χ3v) is 1.96. The van der Waals surface area contributed by atoms with Crippen LogP contribution >= 0.6 is 0 Å². The highest BCUT2D eigenvalue weighted by Gasteiger charge is 2.13. The van der Waals surface area contributed by atoms with Gasteiger partial charge in [0.2, 0.25) is 0 Å². The van der Waals surface area contributed by atoms with Crippen LogP contribution in [0.15, 0.2) is 0 Å². The molecule has 107 valence electrons. The maximum absolute atomic E-state index is 11.5. The zero-order valence-electron chi connectivity index (χ0n) is 10.7. The van der Waals surface area contributed by atoms with E-state index < -0.39 is 6.09 Å². The molecule has 0 aromatic rings. The van der Waals surface area contributed by atoms with Crippen LogP contribution in [0.4, 0.5) is 4.79 Å². The fourth-order valence-corrected chi connectivity index (χ4v) is 1.15. The summed E-state index contributed by atoms with van der Waals surface area (Å²) in [5.41, 5.74) is 0. The van der Waals surface area contributed by atoms with Crippen LogP contribution in [0.2, 0.25) is 0 Å². The second-order valence-corrected chi connectivity index (χ2v) is 3.28. The molecule has 0 aliphatic heterocycles. The standard InChI is InChI=1S/C11H22NO6/c1-2-18-11(15)12(3-7-16-9-5-13)4-8-17-10-6-14/h2,13-14H,3-10H2,1H3. The van der Waals surface area contributed by atoms with Gasteiger partial charge < -0.3 is 29.3 Å². The van der Waals surface area contributed by atoms with Crippen molar-refractivity contribution in [2.45, 2.75) is 6.92 Å². The maximum Gasteiger partial charge on any atom is 0.410 e. The summed E-state index contributed by atoms with van der Waals surface area (Å²) in [6, 6.07) is 0. The highest BCUT2D eigenvalue weighted by molar-refractivity contribution is 5.67.